The number of nitrogens with zero attached hydrogens (tertiary/aromatic N) is 5. The molecule has 0 aliphatic carbocycles. The number of aromatic nitrogens is 4. The fourth-order valence-corrected chi connectivity index (χ4v) is 3.21. The SMILES string of the molecule is O=C(c1cccc(F)c1-n1nccn1)N1CCCC(Oc2ccc(F)cn2)C1. The fourth-order valence-electron chi connectivity index (χ4n) is 3.21. The van der Waals surface area contributed by atoms with Crippen LogP contribution in [-0.2, 0) is 0 Å². The van der Waals surface area contributed by atoms with E-state index in [1.807, 2.05) is 0 Å². The topological polar surface area (TPSA) is 73.1 Å². The molecular weight excluding hydrogens is 368 g/mol. The maximum absolute atomic E-state index is 14.4. The second-order valence-corrected chi connectivity index (χ2v) is 6.40. The summed E-state index contributed by atoms with van der Waals surface area (Å²) in [7, 11) is 0. The lowest BCUT2D eigenvalue weighted by Gasteiger charge is -2.33. The number of benzene rings is 1. The molecule has 1 amide bonds. The van der Waals surface area contributed by atoms with Crippen molar-refractivity contribution in [1.29, 1.82) is 0 Å². The largest absolute Gasteiger partial charge is 0.472 e. The minimum atomic E-state index is -0.581. The molecule has 1 aliphatic heterocycles. The molecular formula is C19H17F2N5O2. The molecule has 0 bridgehead atoms. The lowest BCUT2D eigenvalue weighted by molar-refractivity contribution is 0.0527. The van der Waals surface area contributed by atoms with Gasteiger partial charge < -0.3 is 9.64 Å². The first-order valence-corrected chi connectivity index (χ1v) is 8.84. The highest BCUT2D eigenvalue weighted by Gasteiger charge is 2.28. The van der Waals surface area contributed by atoms with Gasteiger partial charge in [0.25, 0.3) is 5.91 Å². The Balaban J connectivity index is 1.54. The van der Waals surface area contributed by atoms with Gasteiger partial charge >= 0.3 is 0 Å². The molecule has 1 aromatic carbocycles. The summed E-state index contributed by atoms with van der Waals surface area (Å²) in [4.78, 5) is 19.7. The molecule has 1 saturated heterocycles. The van der Waals surface area contributed by atoms with Crippen molar-refractivity contribution in [2.24, 2.45) is 0 Å². The zero-order valence-corrected chi connectivity index (χ0v) is 14.8. The van der Waals surface area contributed by atoms with Gasteiger partial charge in [0, 0.05) is 12.6 Å². The maximum Gasteiger partial charge on any atom is 0.256 e. The minimum absolute atomic E-state index is 0.0146. The van der Waals surface area contributed by atoms with Crippen molar-refractivity contribution < 1.29 is 18.3 Å². The lowest BCUT2D eigenvalue weighted by atomic mass is 10.1. The van der Waals surface area contributed by atoms with Crippen LogP contribution >= 0.6 is 0 Å². The highest BCUT2D eigenvalue weighted by Crippen LogP contribution is 2.22. The van der Waals surface area contributed by atoms with Crippen LogP contribution in [0.25, 0.3) is 5.69 Å². The van der Waals surface area contributed by atoms with Gasteiger partial charge in [-0.05, 0) is 31.0 Å². The van der Waals surface area contributed by atoms with E-state index < -0.39 is 11.6 Å². The molecule has 4 rings (SSSR count). The predicted molar refractivity (Wildman–Crippen MR) is 95.1 cm³/mol. The summed E-state index contributed by atoms with van der Waals surface area (Å²) in [6, 6.07) is 7.01. The first kappa shape index (κ1) is 18.0. The zero-order valence-electron chi connectivity index (χ0n) is 14.8. The van der Waals surface area contributed by atoms with Gasteiger partial charge in [-0.1, -0.05) is 6.07 Å². The monoisotopic (exact) mass is 385 g/mol. The van der Waals surface area contributed by atoms with Crippen LogP contribution in [0.15, 0.2) is 48.9 Å². The van der Waals surface area contributed by atoms with Gasteiger partial charge in [-0.15, -0.1) is 4.80 Å². The van der Waals surface area contributed by atoms with Crippen molar-refractivity contribution in [1.82, 2.24) is 24.9 Å². The molecule has 0 radical (unpaired) electrons. The van der Waals surface area contributed by atoms with Crippen LogP contribution in [-0.4, -0.2) is 50.0 Å². The van der Waals surface area contributed by atoms with E-state index in [4.69, 9.17) is 4.74 Å². The number of piperidine rings is 1. The van der Waals surface area contributed by atoms with Crippen molar-refractivity contribution in [3.8, 4) is 11.6 Å². The predicted octanol–water partition coefficient (Wildman–Crippen LogP) is 2.62. The van der Waals surface area contributed by atoms with E-state index in [9.17, 15) is 13.6 Å². The van der Waals surface area contributed by atoms with Gasteiger partial charge in [-0.3, -0.25) is 4.79 Å². The van der Waals surface area contributed by atoms with Crippen LogP contribution in [0.2, 0.25) is 0 Å². The molecule has 7 nitrogen and oxygen atoms in total. The molecule has 2 aromatic heterocycles. The van der Waals surface area contributed by atoms with Gasteiger partial charge in [0.15, 0.2) is 5.82 Å². The number of rotatable bonds is 4. The Morgan fingerprint density at radius 1 is 1.14 bits per heavy atom. The smallest absolute Gasteiger partial charge is 0.256 e. The number of ether oxygens (including phenoxy) is 1. The van der Waals surface area contributed by atoms with E-state index in [1.54, 1.807) is 11.0 Å². The lowest BCUT2D eigenvalue weighted by Crippen LogP contribution is -2.44. The fraction of sp³-hybridized carbons (Fsp3) is 0.263. The Kier molecular flexibility index (Phi) is 4.96. The summed E-state index contributed by atoms with van der Waals surface area (Å²) >= 11 is 0. The Hall–Kier alpha value is -3.36. The van der Waals surface area contributed by atoms with Crippen molar-refractivity contribution in [3.05, 3.63) is 66.1 Å². The third kappa shape index (κ3) is 3.68. The summed E-state index contributed by atoms with van der Waals surface area (Å²) in [6.07, 6.45) is 5.09. The van der Waals surface area contributed by atoms with Crippen LogP contribution in [0.1, 0.15) is 23.2 Å². The van der Waals surface area contributed by atoms with Gasteiger partial charge in [0.1, 0.15) is 17.6 Å². The molecule has 28 heavy (non-hydrogen) atoms. The van der Waals surface area contributed by atoms with Crippen molar-refractivity contribution >= 4 is 5.91 Å². The van der Waals surface area contributed by atoms with Crippen LogP contribution in [0.3, 0.4) is 0 Å². The number of carbonyl (C=O) groups excluding carboxylic acids is 1. The first-order valence-electron chi connectivity index (χ1n) is 8.84. The number of halogens is 2. The Morgan fingerprint density at radius 3 is 2.71 bits per heavy atom. The van der Waals surface area contributed by atoms with Crippen LogP contribution in [0, 0.1) is 11.6 Å². The Morgan fingerprint density at radius 2 is 1.96 bits per heavy atom. The van der Waals surface area contributed by atoms with Crippen LogP contribution in [0.4, 0.5) is 8.78 Å². The molecule has 1 aliphatic rings. The summed E-state index contributed by atoms with van der Waals surface area (Å²) in [5, 5.41) is 7.89. The van der Waals surface area contributed by atoms with E-state index in [1.165, 1.54) is 36.7 Å². The number of pyridine rings is 1. The molecule has 1 unspecified atom stereocenters. The number of hydrogen-bond acceptors (Lipinski definition) is 5. The minimum Gasteiger partial charge on any atom is -0.472 e. The number of likely N-dealkylation sites (tertiary alicyclic amines) is 1. The number of amides is 1. The van der Waals surface area contributed by atoms with E-state index in [-0.39, 0.29) is 23.3 Å². The molecule has 3 heterocycles. The Bertz CT molecular complexity index is 963. The summed E-state index contributed by atoms with van der Waals surface area (Å²) in [6.45, 7) is 0.846. The quantitative estimate of drug-likeness (QED) is 0.690. The molecule has 0 saturated carbocycles. The first-order chi connectivity index (χ1) is 13.6. The van der Waals surface area contributed by atoms with Crippen LogP contribution in [0.5, 0.6) is 5.88 Å². The average molecular weight is 385 g/mol. The number of hydrogen-bond donors (Lipinski definition) is 0. The van der Waals surface area contributed by atoms with Gasteiger partial charge in [-0.2, -0.15) is 10.2 Å². The van der Waals surface area contributed by atoms with E-state index in [2.05, 4.69) is 15.2 Å². The second kappa shape index (κ2) is 7.71. The zero-order chi connectivity index (χ0) is 19.5. The van der Waals surface area contributed by atoms with Crippen molar-refractivity contribution in [3.63, 3.8) is 0 Å². The summed E-state index contributed by atoms with van der Waals surface area (Å²) < 4.78 is 33.2. The molecule has 1 fully saturated rings. The normalized spacial score (nSPS) is 16.8. The van der Waals surface area contributed by atoms with Gasteiger partial charge in [-0.25, -0.2) is 13.8 Å². The van der Waals surface area contributed by atoms with Crippen LogP contribution < -0.4 is 4.74 Å². The van der Waals surface area contributed by atoms with E-state index in [0.29, 0.717) is 19.0 Å². The van der Waals surface area contributed by atoms with Crippen molar-refractivity contribution in [2.75, 3.05) is 13.1 Å². The third-order valence-corrected chi connectivity index (χ3v) is 4.49. The molecule has 3 aromatic rings. The molecule has 9 heteroatoms. The average Bonchev–Trinajstić information content (AvgIpc) is 3.23. The number of para-hydroxylation sites is 1. The Labute approximate surface area is 159 Å². The van der Waals surface area contributed by atoms with Gasteiger partial charge in [0.2, 0.25) is 5.88 Å². The van der Waals surface area contributed by atoms with E-state index in [0.717, 1.165) is 23.8 Å². The van der Waals surface area contributed by atoms with E-state index >= 15 is 0 Å². The standard InChI is InChI=1S/C19H17F2N5O2/c20-13-6-7-17(22-11-13)28-14-3-2-10-25(12-14)19(27)15-4-1-5-16(21)18(15)26-23-8-9-24-26/h1,4-9,11,14H,2-3,10,12H2. The second-order valence-electron chi connectivity index (χ2n) is 6.40. The summed E-state index contributed by atoms with van der Waals surface area (Å²) in [5.41, 5.74) is 0.192. The highest BCUT2D eigenvalue weighted by atomic mass is 19.1. The van der Waals surface area contributed by atoms with Gasteiger partial charge in [0.05, 0.1) is 30.7 Å². The summed E-state index contributed by atoms with van der Waals surface area (Å²) in [5.74, 6) is -1.05. The molecule has 1 atom stereocenters. The molecule has 0 N–H and O–H groups in total. The molecule has 144 valence electrons. The highest BCUT2D eigenvalue weighted by molar-refractivity contribution is 5.97. The molecule has 0 spiro atoms. The third-order valence-electron chi connectivity index (χ3n) is 4.49. The van der Waals surface area contributed by atoms with Crippen molar-refractivity contribution in [2.45, 2.75) is 18.9 Å². The maximum atomic E-state index is 14.4. The number of carbonyl (C=O) groups is 1.